The lowest BCUT2D eigenvalue weighted by atomic mass is 9.86. The molecule has 1 aliphatic rings. The zero-order chi connectivity index (χ0) is 21.5. The van der Waals surface area contributed by atoms with Gasteiger partial charge in [0.2, 0.25) is 0 Å². The van der Waals surface area contributed by atoms with Crippen molar-refractivity contribution in [3.05, 3.63) is 95.1 Å². The first-order chi connectivity index (χ1) is 14.3. The topological polar surface area (TPSA) is 32.3 Å². The van der Waals surface area contributed by atoms with E-state index in [0.29, 0.717) is 11.5 Å². The Morgan fingerprint density at radius 1 is 0.867 bits per heavy atom. The Labute approximate surface area is 179 Å². The lowest BCUT2D eigenvalue weighted by molar-refractivity contribution is 0.0975. The van der Waals surface area contributed by atoms with Gasteiger partial charge in [0.15, 0.2) is 0 Å². The van der Waals surface area contributed by atoms with E-state index < -0.39 is 0 Å². The zero-order valence-corrected chi connectivity index (χ0v) is 18.4. The van der Waals surface area contributed by atoms with Gasteiger partial charge in [-0.3, -0.25) is 9.69 Å². The van der Waals surface area contributed by atoms with Crippen LogP contribution in [0.3, 0.4) is 0 Å². The second-order valence-corrected chi connectivity index (χ2v) is 9.39. The van der Waals surface area contributed by atoms with Crippen molar-refractivity contribution in [2.24, 2.45) is 0 Å². The molecule has 0 radical (unpaired) electrons. The number of anilines is 2. The Balaban J connectivity index is 1.78. The van der Waals surface area contributed by atoms with Gasteiger partial charge in [-0.05, 0) is 52.3 Å². The molecule has 3 aromatic rings. The third-order valence-electron chi connectivity index (χ3n) is 5.86. The van der Waals surface area contributed by atoms with Crippen LogP contribution < -0.4 is 10.2 Å². The van der Waals surface area contributed by atoms with E-state index in [2.05, 4.69) is 88.5 Å². The maximum atomic E-state index is 13.5. The highest BCUT2D eigenvalue weighted by molar-refractivity contribution is 6.12. The summed E-state index contributed by atoms with van der Waals surface area (Å²) in [4.78, 5) is 15.4. The van der Waals surface area contributed by atoms with Crippen LogP contribution in [0, 0.1) is 0 Å². The van der Waals surface area contributed by atoms with Gasteiger partial charge in [0, 0.05) is 11.4 Å². The van der Waals surface area contributed by atoms with Gasteiger partial charge in [0.05, 0.1) is 5.56 Å². The van der Waals surface area contributed by atoms with Crippen LogP contribution in [0.25, 0.3) is 0 Å². The second kappa shape index (κ2) is 7.64. The molecule has 0 fully saturated rings. The van der Waals surface area contributed by atoms with Crippen molar-refractivity contribution in [1.82, 2.24) is 0 Å². The number of rotatable bonds is 3. The largest absolute Gasteiger partial charge is 0.360 e. The minimum atomic E-state index is -0.258. The summed E-state index contributed by atoms with van der Waals surface area (Å²) < 4.78 is 0. The van der Waals surface area contributed by atoms with Crippen LogP contribution in [0.1, 0.15) is 73.8 Å². The van der Waals surface area contributed by atoms with E-state index >= 15 is 0 Å². The van der Waals surface area contributed by atoms with E-state index in [1.54, 1.807) is 0 Å². The molecule has 1 amide bonds. The van der Waals surface area contributed by atoms with Crippen LogP contribution in [0.2, 0.25) is 0 Å². The Hall–Kier alpha value is -3.07. The molecule has 3 aromatic carbocycles. The van der Waals surface area contributed by atoms with E-state index in [0.717, 1.165) is 16.9 Å². The van der Waals surface area contributed by atoms with Gasteiger partial charge >= 0.3 is 0 Å². The quantitative estimate of drug-likeness (QED) is 0.521. The lowest BCUT2D eigenvalue weighted by Crippen LogP contribution is -2.43. The Bertz CT molecular complexity index is 1040. The molecule has 1 atom stereocenters. The van der Waals surface area contributed by atoms with Crippen LogP contribution in [-0.4, -0.2) is 5.91 Å². The molecule has 30 heavy (non-hydrogen) atoms. The van der Waals surface area contributed by atoms with E-state index in [4.69, 9.17) is 0 Å². The highest BCUT2D eigenvalue weighted by atomic mass is 16.2. The first kappa shape index (κ1) is 20.2. The molecule has 1 heterocycles. The van der Waals surface area contributed by atoms with Crippen molar-refractivity contribution in [2.45, 2.75) is 52.1 Å². The molecule has 0 spiro atoms. The number of benzene rings is 3. The van der Waals surface area contributed by atoms with Crippen molar-refractivity contribution in [1.29, 1.82) is 0 Å². The second-order valence-electron chi connectivity index (χ2n) is 9.39. The maximum Gasteiger partial charge on any atom is 0.262 e. The summed E-state index contributed by atoms with van der Waals surface area (Å²) in [5, 5.41) is 3.59. The minimum absolute atomic E-state index is 0.0199. The van der Waals surface area contributed by atoms with Gasteiger partial charge in [-0.2, -0.15) is 0 Å². The third kappa shape index (κ3) is 3.72. The summed E-state index contributed by atoms with van der Waals surface area (Å²) in [6.45, 7) is 11.0. The van der Waals surface area contributed by atoms with Crippen molar-refractivity contribution in [3.63, 3.8) is 0 Å². The van der Waals surface area contributed by atoms with Crippen molar-refractivity contribution in [2.75, 3.05) is 10.2 Å². The number of hydrogen-bond donors (Lipinski definition) is 1. The molecule has 0 bridgehead atoms. The summed E-state index contributed by atoms with van der Waals surface area (Å²) in [5.74, 6) is 0.474. The van der Waals surface area contributed by atoms with Crippen LogP contribution in [0.5, 0.6) is 0 Å². The van der Waals surface area contributed by atoms with Crippen LogP contribution in [0.4, 0.5) is 11.4 Å². The van der Waals surface area contributed by atoms with Crippen molar-refractivity contribution in [3.8, 4) is 0 Å². The molecule has 3 heteroatoms. The zero-order valence-electron chi connectivity index (χ0n) is 18.4. The van der Waals surface area contributed by atoms with Crippen LogP contribution in [0.15, 0.2) is 72.8 Å². The van der Waals surface area contributed by atoms with E-state index in [-0.39, 0.29) is 17.5 Å². The first-order valence-corrected chi connectivity index (χ1v) is 10.7. The number of carbonyl (C=O) groups is 1. The molecule has 1 N–H and O–H groups in total. The summed E-state index contributed by atoms with van der Waals surface area (Å²) in [6, 6.07) is 24.7. The maximum absolute atomic E-state index is 13.5. The number of carbonyl (C=O) groups excluding carboxylic acids is 1. The number of nitrogens with zero attached hydrogens (tertiary/aromatic N) is 1. The monoisotopic (exact) mass is 398 g/mol. The normalized spacial score (nSPS) is 16.4. The minimum Gasteiger partial charge on any atom is -0.360 e. The van der Waals surface area contributed by atoms with Crippen molar-refractivity contribution < 1.29 is 4.79 Å². The van der Waals surface area contributed by atoms with E-state index in [1.165, 1.54) is 11.1 Å². The Morgan fingerprint density at radius 2 is 1.50 bits per heavy atom. The van der Waals surface area contributed by atoms with Gasteiger partial charge < -0.3 is 5.32 Å². The van der Waals surface area contributed by atoms with Crippen molar-refractivity contribution >= 4 is 17.3 Å². The summed E-state index contributed by atoms with van der Waals surface area (Å²) >= 11 is 0. The molecule has 3 nitrogen and oxygen atoms in total. The average Bonchev–Trinajstić information content (AvgIpc) is 2.73. The van der Waals surface area contributed by atoms with Gasteiger partial charge in [-0.25, -0.2) is 0 Å². The fourth-order valence-corrected chi connectivity index (χ4v) is 3.94. The fraction of sp³-hybridized carbons (Fsp3) is 0.296. The Kier molecular flexibility index (Phi) is 5.15. The van der Waals surface area contributed by atoms with E-state index in [1.807, 2.05) is 29.2 Å². The van der Waals surface area contributed by atoms with Crippen LogP contribution in [-0.2, 0) is 5.41 Å². The molecule has 0 aliphatic carbocycles. The SMILES string of the molecule is CC(C)c1ccc(N2C(=O)c3ccccc3NC2c2ccc(C(C)(C)C)cc2)cc1. The molecule has 1 unspecified atom stereocenters. The number of fused-ring (bicyclic) bond motifs is 1. The van der Waals surface area contributed by atoms with Crippen LogP contribution >= 0.6 is 0 Å². The number of para-hydroxylation sites is 1. The molecular formula is C27H30N2O. The summed E-state index contributed by atoms with van der Waals surface area (Å²) in [5.41, 5.74) is 6.18. The van der Waals surface area contributed by atoms with E-state index in [9.17, 15) is 4.79 Å². The molecule has 0 aromatic heterocycles. The summed E-state index contributed by atoms with van der Waals surface area (Å²) in [6.07, 6.45) is -0.258. The first-order valence-electron chi connectivity index (χ1n) is 10.7. The highest BCUT2D eigenvalue weighted by Gasteiger charge is 2.34. The fourth-order valence-electron chi connectivity index (χ4n) is 3.94. The Morgan fingerprint density at radius 3 is 2.10 bits per heavy atom. The average molecular weight is 399 g/mol. The third-order valence-corrected chi connectivity index (χ3v) is 5.86. The van der Waals surface area contributed by atoms with Gasteiger partial charge in [0.1, 0.15) is 6.17 Å². The molecular weight excluding hydrogens is 368 g/mol. The number of nitrogens with one attached hydrogen (secondary N) is 1. The standard InChI is InChI=1S/C27H30N2O/c1-18(2)19-12-16-22(17-13-19)29-25(20-10-14-21(15-11-20)27(3,4)5)28-24-9-7-6-8-23(24)26(29)30/h6-18,25,28H,1-5H3. The molecule has 0 saturated carbocycles. The smallest absolute Gasteiger partial charge is 0.262 e. The van der Waals surface area contributed by atoms with Gasteiger partial charge in [0.25, 0.3) is 5.91 Å². The highest BCUT2D eigenvalue weighted by Crippen LogP contribution is 2.37. The predicted octanol–water partition coefficient (Wildman–Crippen LogP) is 6.88. The molecule has 1 aliphatic heterocycles. The number of amides is 1. The predicted molar refractivity (Wildman–Crippen MR) is 125 cm³/mol. The van der Waals surface area contributed by atoms with Gasteiger partial charge in [-0.15, -0.1) is 0 Å². The summed E-state index contributed by atoms with van der Waals surface area (Å²) in [7, 11) is 0. The molecule has 0 saturated heterocycles. The number of hydrogen-bond acceptors (Lipinski definition) is 2. The molecule has 4 rings (SSSR count). The lowest BCUT2D eigenvalue weighted by Gasteiger charge is -2.38. The van der Waals surface area contributed by atoms with Gasteiger partial charge in [-0.1, -0.05) is 83.1 Å². The molecule has 154 valence electrons.